The maximum absolute atomic E-state index is 13.1. The molecule has 8 heteroatoms. The van der Waals surface area contributed by atoms with E-state index >= 15 is 0 Å². The Morgan fingerprint density at radius 1 is 1.15 bits per heavy atom. The van der Waals surface area contributed by atoms with Crippen LogP contribution in [0.3, 0.4) is 0 Å². The van der Waals surface area contributed by atoms with E-state index in [0.29, 0.717) is 28.9 Å². The largest absolute Gasteiger partial charge is 0.383 e. The molecule has 6 nitrogen and oxygen atoms in total. The highest BCUT2D eigenvalue weighted by atomic mass is 32.2. The number of hydrogen-bond acceptors (Lipinski definition) is 5. The molecule has 2 heterocycles. The molecule has 1 aliphatic rings. The molecule has 1 fully saturated rings. The number of benzene rings is 2. The fraction of sp³-hybridized carbons (Fsp3) is 0.240. The minimum atomic E-state index is -0.0911. The van der Waals surface area contributed by atoms with Crippen molar-refractivity contribution in [1.82, 2.24) is 14.8 Å². The number of amides is 2. The van der Waals surface area contributed by atoms with Crippen LogP contribution in [0.4, 0.5) is 0 Å². The summed E-state index contributed by atoms with van der Waals surface area (Å²) in [5.74, 6) is -0.165. The van der Waals surface area contributed by atoms with E-state index in [4.69, 9.17) is 17.0 Å². The van der Waals surface area contributed by atoms with E-state index < -0.39 is 0 Å². The van der Waals surface area contributed by atoms with Crippen molar-refractivity contribution in [2.45, 2.75) is 13.0 Å². The molecular weight excluding hydrogens is 454 g/mol. The lowest BCUT2D eigenvalue weighted by Gasteiger charge is -2.14. The molecule has 0 radical (unpaired) electrons. The molecule has 3 aromatic rings. The summed E-state index contributed by atoms with van der Waals surface area (Å²) >= 11 is 6.82. The Balaban J connectivity index is 1.53. The fourth-order valence-electron chi connectivity index (χ4n) is 3.74. The Labute approximate surface area is 202 Å². The number of para-hydroxylation sites is 1. The Morgan fingerprint density at radius 2 is 1.91 bits per heavy atom. The number of methoxy groups -OCH3 is 1. The number of aromatic nitrogens is 1. The standard InChI is InChI=1S/C25H25N3O3S2/c1-31-14-12-26-23(29)17-27-16-19(20-9-5-6-10-21(20)27)15-22-24(30)28(25(32)33-22)13-11-18-7-3-2-4-8-18/h2-10,15-16H,11-14,17H2,1H3,(H,26,29)/b22-15-. The number of hydrogen-bond donors (Lipinski definition) is 1. The van der Waals surface area contributed by atoms with Gasteiger partial charge in [-0.15, -0.1) is 0 Å². The van der Waals surface area contributed by atoms with E-state index in [2.05, 4.69) is 5.32 Å². The zero-order valence-corrected chi connectivity index (χ0v) is 20.0. The SMILES string of the molecule is COCCNC(=O)Cn1cc(/C=C2\SC(=S)N(CCc3ccccc3)C2=O)c2ccccc21. The Bertz CT molecular complexity index is 1200. The van der Waals surface area contributed by atoms with Gasteiger partial charge in [-0.2, -0.15) is 0 Å². The number of thiocarbonyl (C=S) groups is 1. The molecule has 2 amide bonds. The van der Waals surface area contributed by atoms with Crippen molar-refractivity contribution < 1.29 is 14.3 Å². The molecule has 170 valence electrons. The molecule has 33 heavy (non-hydrogen) atoms. The van der Waals surface area contributed by atoms with Crippen LogP contribution in [0.25, 0.3) is 17.0 Å². The molecule has 4 rings (SSSR count). The van der Waals surface area contributed by atoms with Crippen LogP contribution in [0.1, 0.15) is 11.1 Å². The van der Waals surface area contributed by atoms with Crippen LogP contribution in [-0.4, -0.2) is 52.4 Å². The van der Waals surface area contributed by atoms with Crippen molar-refractivity contribution in [3.63, 3.8) is 0 Å². The monoisotopic (exact) mass is 479 g/mol. The number of nitrogens with one attached hydrogen (secondary N) is 1. The van der Waals surface area contributed by atoms with Crippen LogP contribution in [0.5, 0.6) is 0 Å². The summed E-state index contributed by atoms with van der Waals surface area (Å²) < 4.78 is 7.46. The third-order valence-corrected chi connectivity index (χ3v) is 6.77. The maximum Gasteiger partial charge on any atom is 0.266 e. The van der Waals surface area contributed by atoms with Crippen molar-refractivity contribution in [2.75, 3.05) is 26.8 Å². The summed E-state index contributed by atoms with van der Waals surface area (Å²) in [6.07, 6.45) is 4.54. The Hall–Kier alpha value is -2.94. The first-order valence-electron chi connectivity index (χ1n) is 10.7. The molecular formula is C25H25N3O3S2. The van der Waals surface area contributed by atoms with Crippen LogP contribution in [0.2, 0.25) is 0 Å². The van der Waals surface area contributed by atoms with Crippen LogP contribution in [0.15, 0.2) is 65.7 Å². The minimum absolute atomic E-state index is 0.0740. The number of nitrogens with zero attached hydrogens (tertiary/aromatic N) is 2. The summed E-state index contributed by atoms with van der Waals surface area (Å²) in [7, 11) is 1.60. The average molecular weight is 480 g/mol. The van der Waals surface area contributed by atoms with Gasteiger partial charge in [0.25, 0.3) is 5.91 Å². The van der Waals surface area contributed by atoms with Crippen LogP contribution in [0, 0.1) is 0 Å². The molecule has 1 saturated heterocycles. The van der Waals surface area contributed by atoms with Gasteiger partial charge in [0.15, 0.2) is 0 Å². The second kappa shape index (κ2) is 10.8. The molecule has 2 aromatic carbocycles. The van der Waals surface area contributed by atoms with E-state index in [9.17, 15) is 9.59 Å². The summed E-state index contributed by atoms with van der Waals surface area (Å²) in [4.78, 5) is 27.7. The molecule has 1 aromatic heterocycles. The van der Waals surface area contributed by atoms with Crippen molar-refractivity contribution >= 4 is 57.1 Å². The van der Waals surface area contributed by atoms with Crippen molar-refractivity contribution in [3.8, 4) is 0 Å². The maximum atomic E-state index is 13.1. The number of rotatable bonds is 9. The molecule has 0 saturated carbocycles. The third kappa shape index (κ3) is 5.52. The summed E-state index contributed by atoms with van der Waals surface area (Å²) in [6, 6.07) is 17.9. The van der Waals surface area contributed by atoms with Crippen LogP contribution < -0.4 is 5.32 Å². The smallest absolute Gasteiger partial charge is 0.266 e. The van der Waals surface area contributed by atoms with Gasteiger partial charge in [-0.1, -0.05) is 72.5 Å². The zero-order chi connectivity index (χ0) is 23.2. The first-order chi connectivity index (χ1) is 16.1. The predicted octanol–water partition coefficient (Wildman–Crippen LogP) is 3.85. The Kier molecular flexibility index (Phi) is 7.59. The van der Waals surface area contributed by atoms with Gasteiger partial charge in [0, 0.05) is 42.9 Å². The number of carbonyl (C=O) groups is 2. The normalized spacial score (nSPS) is 15.1. The second-order valence-corrected chi connectivity index (χ2v) is 9.32. The topological polar surface area (TPSA) is 63.6 Å². The molecule has 0 bridgehead atoms. The van der Waals surface area contributed by atoms with Gasteiger partial charge in [-0.3, -0.25) is 14.5 Å². The molecule has 1 N–H and O–H groups in total. The van der Waals surface area contributed by atoms with Gasteiger partial charge in [-0.05, 0) is 24.1 Å². The second-order valence-electron chi connectivity index (χ2n) is 7.64. The van der Waals surface area contributed by atoms with Gasteiger partial charge in [0.05, 0.1) is 11.5 Å². The van der Waals surface area contributed by atoms with E-state index in [0.717, 1.165) is 22.9 Å². The number of carbonyl (C=O) groups excluding carboxylic acids is 2. The molecule has 0 spiro atoms. The third-order valence-electron chi connectivity index (χ3n) is 5.39. The average Bonchev–Trinajstić information content (AvgIpc) is 3.29. The van der Waals surface area contributed by atoms with Gasteiger partial charge in [0.1, 0.15) is 10.9 Å². The first kappa shape index (κ1) is 23.2. The van der Waals surface area contributed by atoms with E-state index in [-0.39, 0.29) is 18.4 Å². The highest BCUT2D eigenvalue weighted by molar-refractivity contribution is 8.26. The van der Waals surface area contributed by atoms with Crippen molar-refractivity contribution in [3.05, 3.63) is 76.8 Å². The number of thioether (sulfide) groups is 1. The lowest BCUT2D eigenvalue weighted by Crippen LogP contribution is -2.30. The first-order valence-corrected chi connectivity index (χ1v) is 11.9. The predicted molar refractivity (Wildman–Crippen MR) is 137 cm³/mol. The summed E-state index contributed by atoms with van der Waals surface area (Å²) in [5.41, 5.74) is 2.99. The van der Waals surface area contributed by atoms with Gasteiger partial charge >= 0.3 is 0 Å². The van der Waals surface area contributed by atoms with E-state index in [1.165, 1.54) is 17.3 Å². The highest BCUT2D eigenvalue weighted by Gasteiger charge is 2.31. The zero-order valence-electron chi connectivity index (χ0n) is 18.3. The molecule has 0 unspecified atom stereocenters. The highest BCUT2D eigenvalue weighted by Crippen LogP contribution is 2.34. The minimum Gasteiger partial charge on any atom is -0.383 e. The van der Waals surface area contributed by atoms with Gasteiger partial charge in [-0.25, -0.2) is 0 Å². The summed E-state index contributed by atoms with van der Waals surface area (Å²) in [6.45, 7) is 1.67. The fourth-order valence-corrected chi connectivity index (χ4v) is 5.04. The van der Waals surface area contributed by atoms with Gasteiger partial charge < -0.3 is 14.6 Å². The van der Waals surface area contributed by atoms with E-state index in [1.807, 2.05) is 71.4 Å². The summed E-state index contributed by atoms with van der Waals surface area (Å²) in [5, 5.41) is 3.83. The van der Waals surface area contributed by atoms with Crippen molar-refractivity contribution in [2.24, 2.45) is 0 Å². The lowest BCUT2D eigenvalue weighted by atomic mass is 10.1. The van der Waals surface area contributed by atoms with Crippen molar-refractivity contribution in [1.29, 1.82) is 0 Å². The lowest BCUT2D eigenvalue weighted by molar-refractivity contribution is -0.122. The van der Waals surface area contributed by atoms with E-state index in [1.54, 1.807) is 12.0 Å². The molecule has 0 aliphatic carbocycles. The molecule has 1 aliphatic heterocycles. The Morgan fingerprint density at radius 3 is 2.70 bits per heavy atom. The van der Waals surface area contributed by atoms with Crippen LogP contribution >= 0.6 is 24.0 Å². The number of fused-ring (bicyclic) bond motifs is 1. The van der Waals surface area contributed by atoms with Crippen LogP contribution in [-0.2, 0) is 27.3 Å². The number of ether oxygens (including phenoxy) is 1. The molecule has 0 atom stereocenters. The quantitative estimate of drug-likeness (QED) is 0.287. The van der Waals surface area contributed by atoms with Gasteiger partial charge in [0.2, 0.25) is 5.91 Å².